The second-order valence-electron chi connectivity index (χ2n) is 9.74. The van der Waals surface area contributed by atoms with Crippen molar-refractivity contribution in [1.29, 1.82) is 5.26 Å². The number of benzene rings is 2. The lowest BCUT2D eigenvalue weighted by molar-refractivity contribution is 0.150. The van der Waals surface area contributed by atoms with E-state index in [9.17, 15) is 0 Å². The molecule has 0 saturated heterocycles. The van der Waals surface area contributed by atoms with Crippen LogP contribution < -0.4 is 15.4 Å². The number of hydrogen-bond donors (Lipinski definition) is 2. The number of rotatable bonds is 8. The topological polar surface area (TPSA) is 82.9 Å². The predicted molar refractivity (Wildman–Crippen MR) is 152 cm³/mol. The van der Waals surface area contributed by atoms with Crippen molar-refractivity contribution in [3.8, 4) is 23.1 Å². The summed E-state index contributed by atoms with van der Waals surface area (Å²) in [6, 6.07) is 26.2. The third kappa shape index (κ3) is 5.80. The molecule has 0 radical (unpaired) electrons. The number of hydrogen-bond acceptors (Lipinski definition) is 6. The Balaban J connectivity index is 1.31. The Morgan fingerprint density at radius 2 is 1.89 bits per heavy atom. The van der Waals surface area contributed by atoms with Gasteiger partial charge in [0.25, 0.3) is 0 Å². The Morgan fingerprint density at radius 3 is 2.61 bits per heavy atom. The Hall–Kier alpha value is -3.92. The maximum Gasteiger partial charge on any atom is 0.237 e. The lowest BCUT2D eigenvalue weighted by Gasteiger charge is -2.33. The van der Waals surface area contributed by atoms with Gasteiger partial charge in [-0.05, 0) is 60.3 Å². The second-order valence-corrected chi connectivity index (χ2v) is 10.1. The highest BCUT2D eigenvalue weighted by Gasteiger charge is 2.29. The highest BCUT2D eigenvalue weighted by molar-refractivity contribution is 6.32. The highest BCUT2D eigenvalue weighted by Crippen LogP contribution is 2.36. The average molecular weight is 524 g/mol. The van der Waals surface area contributed by atoms with Crippen LogP contribution in [-0.4, -0.2) is 29.2 Å². The molecule has 0 spiro atoms. The minimum absolute atomic E-state index is 0.0288. The third-order valence-electron chi connectivity index (χ3n) is 6.77. The van der Waals surface area contributed by atoms with Crippen molar-refractivity contribution in [2.45, 2.75) is 38.3 Å². The molecule has 1 aliphatic rings. The van der Waals surface area contributed by atoms with Crippen LogP contribution >= 0.6 is 11.6 Å². The van der Waals surface area contributed by atoms with E-state index in [0.29, 0.717) is 29.1 Å². The molecule has 6 nitrogen and oxygen atoms in total. The third-order valence-corrected chi connectivity index (χ3v) is 7.06. The monoisotopic (exact) mass is 523 g/mol. The molecule has 3 heterocycles. The van der Waals surface area contributed by atoms with E-state index in [0.717, 1.165) is 41.0 Å². The van der Waals surface area contributed by atoms with Crippen molar-refractivity contribution < 1.29 is 4.74 Å². The first kappa shape index (κ1) is 25.7. The van der Waals surface area contributed by atoms with Crippen LogP contribution in [0.3, 0.4) is 0 Å². The summed E-state index contributed by atoms with van der Waals surface area (Å²) in [6.07, 6.45) is 2.48. The zero-order chi connectivity index (χ0) is 26.5. The minimum Gasteiger partial charge on any atom is -0.469 e. The molecular weight excluding hydrogens is 494 g/mol. The molecule has 0 aliphatic carbocycles. The van der Waals surface area contributed by atoms with Crippen molar-refractivity contribution in [2.24, 2.45) is 0 Å². The second kappa shape index (κ2) is 11.6. The van der Waals surface area contributed by atoms with Gasteiger partial charge in [0.05, 0.1) is 29.9 Å². The summed E-state index contributed by atoms with van der Waals surface area (Å²) in [4.78, 5) is 9.19. The van der Waals surface area contributed by atoms with Gasteiger partial charge in [0.1, 0.15) is 11.3 Å². The Labute approximate surface area is 228 Å². The normalized spacial score (nSPS) is 15.2. The van der Waals surface area contributed by atoms with E-state index < -0.39 is 0 Å². The molecule has 2 N–H and O–H groups in total. The lowest BCUT2D eigenvalue weighted by atomic mass is 9.99. The number of nitrogens with one attached hydrogen (secondary N) is 2. The van der Waals surface area contributed by atoms with Crippen LogP contribution in [0.2, 0.25) is 5.15 Å². The molecule has 4 aromatic rings. The fourth-order valence-corrected chi connectivity index (χ4v) is 4.90. The number of ether oxygens (including phenoxy) is 1. The van der Waals surface area contributed by atoms with Crippen molar-refractivity contribution in [3.05, 3.63) is 107 Å². The molecule has 38 heavy (non-hydrogen) atoms. The molecule has 192 valence electrons. The number of anilines is 1. The van der Waals surface area contributed by atoms with Crippen molar-refractivity contribution in [1.82, 2.24) is 15.3 Å². The van der Waals surface area contributed by atoms with E-state index in [1.807, 2.05) is 60.7 Å². The molecule has 1 aliphatic heterocycles. The summed E-state index contributed by atoms with van der Waals surface area (Å²) in [5.41, 5.74) is 6.56. The summed E-state index contributed by atoms with van der Waals surface area (Å²) in [5, 5.41) is 16.7. The van der Waals surface area contributed by atoms with E-state index in [1.54, 1.807) is 6.20 Å². The van der Waals surface area contributed by atoms with Gasteiger partial charge in [-0.15, -0.1) is 0 Å². The van der Waals surface area contributed by atoms with Gasteiger partial charge < -0.3 is 15.4 Å². The largest absolute Gasteiger partial charge is 0.469 e. The number of aromatic nitrogens is 2. The molecule has 7 heteroatoms. The fourth-order valence-electron chi connectivity index (χ4n) is 4.63. The average Bonchev–Trinajstić information content (AvgIpc) is 2.95. The van der Waals surface area contributed by atoms with Crippen molar-refractivity contribution in [3.63, 3.8) is 0 Å². The summed E-state index contributed by atoms with van der Waals surface area (Å²) < 4.78 is 6.43. The van der Waals surface area contributed by atoms with Crippen LogP contribution in [0.25, 0.3) is 11.1 Å². The molecule has 5 rings (SSSR count). The molecule has 2 aromatic carbocycles. The van der Waals surface area contributed by atoms with Gasteiger partial charge in [-0.2, -0.15) is 5.26 Å². The maximum atomic E-state index is 9.03. The van der Waals surface area contributed by atoms with Crippen LogP contribution in [0.5, 0.6) is 5.88 Å². The summed E-state index contributed by atoms with van der Waals surface area (Å²) in [5.74, 6) is 0.883. The first-order valence-electron chi connectivity index (χ1n) is 12.9. The molecular formula is C31H30ClN5O. The summed E-state index contributed by atoms with van der Waals surface area (Å²) in [6.45, 7) is 5.59. The van der Waals surface area contributed by atoms with E-state index in [2.05, 4.69) is 52.7 Å². The zero-order valence-electron chi connectivity index (χ0n) is 21.5. The van der Waals surface area contributed by atoms with E-state index in [1.165, 1.54) is 5.56 Å². The van der Waals surface area contributed by atoms with Gasteiger partial charge in [-0.1, -0.05) is 67.9 Å². The Kier molecular flexibility index (Phi) is 7.88. The molecule has 2 atom stereocenters. The summed E-state index contributed by atoms with van der Waals surface area (Å²) in [7, 11) is 0. The van der Waals surface area contributed by atoms with Crippen LogP contribution in [0.15, 0.2) is 79.0 Å². The van der Waals surface area contributed by atoms with Gasteiger partial charge >= 0.3 is 0 Å². The Morgan fingerprint density at radius 1 is 1.11 bits per heavy atom. The molecule has 2 aromatic heterocycles. The van der Waals surface area contributed by atoms with Crippen LogP contribution in [-0.2, 0) is 6.42 Å². The van der Waals surface area contributed by atoms with Crippen LogP contribution in [0, 0.1) is 11.3 Å². The standard InChI is InChI=1S/C31H30ClN5O/c1-20(2)26-13-12-25(30(32)37-26)24-16-27-31(36-18-24)38-28(19-35-27)29(23-6-4-3-5-7-23)34-15-14-21-8-10-22(17-33)11-9-21/h3-13,16,18,20,28-29,34-35H,14-15,19H2,1-2H3/t28-,29+/m0/s1. The first-order valence-corrected chi connectivity index (χ1v) is 13.2. The highest BCUT2D eigenvalue weighted by atomic mass is 35.5. The summed E-state index contributed by atoms with van der Waals surface area (Å²) >= 11 is 6.52. The van der Waals surface area contributed by atoms with Gasteiger partial charge in [-0.3, -0.25) is 0 Å². The van der Waals surface area contributed by atoms with E-state index in [4.69, 9.17) is 21.6 Å². The van der Waals surface area contributed by atoms with E-state index in [-0.39, 0.29) is 12.1 Å². The van der Waals surface area contributed by atoms with Gasteiger partial charge in [0.15, 0.2) is 0 Å². The number of nitriles is 1. The molecule has 0 unspecified atom stereocenters. The molecule has 0 amide bonds. The SMILES string of the molecule is CC(C)c1ccc(-c2cnc3c(c2)NC[C@@H]([C@H](NCCc2ccc(C#N)cc2)c2ccccc2)O3)c(Cl)n1. The van der Waals surface area contributed by atoms with Crippen molar-refractivity contribution in [2.75, 3.05) is 18.4 Å². The predicted octanol–water partition coefficient (Wildman–Crippen LogP) is 6.54. The maximum absolute atomic E-state index is 9.03. The van der Waals surface area contributed by atoms with E-state index >= 15 is 0 Å². The van der Waals surface area contributed by atoms with Gasteiger partial charge in [0.2, 0.25) is 5.88 Å². The van der Waals surface area contributed by atoms with Gasteiger partial charge in [0, 0.05) is 23.0 Å². The first-order chi connectivity index (χ1) is 18.5. The van der Waals surface area contributed by atoms with Gasteiger partial charge in [-0.25, -0.2) is 9.97 Å². The van der Waals surface area contributed by atoms with Crippen LogP contribution in [0.4, 0.5) is 5.69 Å². The van der Waals surface area contributed by atoms with Crippen molar-refractivity contribution >= 4 is 17.3 Å². The fraction of sp³-hybridized carbons (Fsp3) is 0.258. The number of nitrogens with zero attached hydrogens (tertiary/aromatic N) is 3. The molecule has 0 bridgehead atoms. The lowest BCUT2D eigenvalue weighted by Crippen LogP contribution is -2.43. The zero-order valence-corrected chi connectivity index (χ0v) is 22.2. The molecule has 0 saturated carbocycles. The number of pyridine rings is 2. The minimum atomic E-state index is -0.153. The van der Waals surface area contributed by atoms with Crippen LogP contribution in [0.1, 0.15) is 48.2 Å². The molecule has 0 fully saturated rings. The number of fused-ring (bicyclic) bond motifs is 1. The Bertz CT molecular complexity index is 1430. The quantitative estimate of drug-likeness (QED) is 0.255. The number of halogens is 1. The smallest absolute Gasteiger partial charge is 0.237 e.